The zero-order valence-electron chi connectivity index (χ0n) is 65.4. The van der Waals surface area contributed by atoms with Crippen LogP contribution in [0.25, 0.3) is 163 Å². The molecule has 0 radical (unpaired) electrons. The number of para-hydroxylation sites is 3. The highest BCUT2D eigenvalue weighted by Crippen LogP contribution is 2.50. The molecule has 0 saturated heterocycles. The Kier molecular flexibility index (Phi) is 18.8. The molecular weight excluding hydrogens is 1530 g/mol. The molecule has 3 heterocycles. The van der Waals surface area contributed by atoms with Gasteiger partial charge in [0.15, 0.2) is 14.3 Å². The lowest BCUT2D eigenvalue weighted by molar-refractivity contribution is 0.591. The molecule has 0 fully saturated rings. The maximum absolute atomic E-state index is 15.2. The van der Waals surface area contributed by atoms with Crippen LogP contribution in [0, 0.1) is 0 Å². The van der Waals surface area contributed by atoms with E-state index in [1.807, 2.05) is 188 Å². The Morgan fingerprint density at radius 3 is 0.719 bits per heavy atom. The number of fused-ring (bicyclic) bond motifs is 24. The van der Waals surface area contributed by atoms with E-state index in [0.717, 1.165) is 125 Å². The van der Waals surface area contributed by atoms with Crippen molar-refractivity contribution in [3.8, 4) is 33.8 Å². The molecule has 0 N–H and O–H groups in total. The number of pyridine rings is 3. The van der Waals surface area contributed by atoms with Crippen molar-refractivity contribution in [1.82, 2.24) is 15.0 Å². The van der Waals surface area contributed by atoms with Crippen LogP contribution < -0.4 is 31.8 Å². The van der Waals surface area contributed by atoms with Gasteiger partial charge in [-0.2, -0.15) is 0 Å². The molecule has 0 bridgehead atoms. The van der Waals surface area contributed by atoms with Gasteiger partial charge in [-0.15, -0.1) is 0 Å². The number of sulfone groups is 1. The van der Waals surface area contributed by atoms with E-state index >= 15 is 4.57 Å². The number of aromatic nitrogens is 3. The molecule has 0 saturated carbocycles. The molecular formula is C111H73N3O4P2S. The molecule has 23 rings (SSSR count). The Balaban J connectivity index is 0.000000112. The zero-order chi connectivity index (χ0) is 81.2. The minimum absolute atomic E-state index is 0.267. The Morgan fingerprint density at radius 2 is 0.397 bits per heavy atom. The van der Waals surface area contributed by atoms with Gasteiger partial charge in [0.05, 0.1) is 43.4 Å². The monoisotopic (exact) mass is 1610 g/mol. The minimum atomic E-state index is -3.60. The van der Waals surface area contributed by atoms with Crippen LogP contribution in [0.2, 0.25) is 0 Å². The van der Waals surface area contributed by atoms with E-state index in [1.165, 1.54) is 70.0 Å². The highest BCUT2D eigenvalue weighted by atomic mass is 32.2. The number of nitrogens with zero attached hydrogens (tertiary/aromatic N) is 3. The van der Waals surface area contributed by atoms with Crippen LogP contribution in [-0.2, 0) is 19.0 Å². The van der Waals surface area contributed by atoms with Crippen molar-refractivity contribution in [3.63, 3.8) is 0 Å². The van der Waals surface area contributed by atoms with Gasteiger partial charge in [0.1, 0.15) is 0 Å². The predicted molar refractivity (Wildman–Crippen MR) is 510 cm³/mol. The van der Waals surface area contributed by atoms with Crippen molar-refractivity contribution in [2.75, 3.05) is 0 Å². The molecule has 23 aromatic rings. The molecule has 0 aliphatic heterocycles. The summed E-state index contributed by atoms with van der Waals surface area (Å²) in [7, 11) is -9.81. The third-order valence-corrected chi connectivity index (χ3v) is 31.6. The summed E-state index contributed by atoms with van der Waals surface area (Å²) in [6.45, 7) is 0. The Bertz CT molecular complexity index is 8190. The summed E-state index contributed by atoms with van der Waals surface area (Å²) in [4.78, 5) is 16.3. The average Bonchev–Trinajstić information content (AvgIpc) is 0.723. The minimum Gasteiger partial charge on any atom is -0.309 e. The van der Waals surface area contributed by atoms with Crippen LogP contribution in [0.1, 0.15) is 0 Å². The van der Waals surface area contributed by atoms with E-state index in [2.05, 4.69) is 218 Å². The van der Waals surface area contributed by atoms with E-state index < -0.39 is 24.1 Å². The Morgan fingerprint density at radius 1 is 0.174 bits per heavy atom. The summed E-state index contributed by atoms with van der Waals surface area (Å²) < 4.78 is 56.6. The molecule has 7 nitrogen and oxygen atoms in total. The lowest BCUT2D eigenvalue weighted by atomic mass is 9.90. The second kappa shape index (κ2) is 30.7. The maximum atomic E-state index is 15.2. The third-order valence-electron chi connectivity index (χ3n) is 23.7. The molecule has 0 aliphatic carbocycles. The van der Waals surface area contributed by atoms with Gasteiger partial charge in [-0.1, -0.05) is 394 Å². The van der Waals surface area contributed by atoms with Gasteiger partial charge in [-0.3, -0.25) is 0 Å². The summed E-state index contributed by atoms with van der Waals surface area (Å²) in [5.74, 6) is 0. The van der Waals surface area contributed by atoms with Crippen LogP contribution in [0.15, 0.2) is 453 Å². The molecule has 0 aliphatic rings. The summed E-state index contributed by atoms with van der Waals surface area (Å²) >= 11 is 0. The van der Waals surface area contributed by atoms with Gasteiger partial charge in [0, 0.05) is 97.0 Å². The van der Waals surface area contributed by atoms with Gasteiger partial charge in [-0.05, 0) is 113 Å². The van der Waals surface area contributed by atoms with E-state index in [1.54, 1.807) is 36.4 Å². The van der Waals surface area contributed by atoms with Crippen molar-refractivity contribution in [3.05, 3.63) is 443 Å². The van der Waals surface area contributed by atoms with E-state index in [-0.39, 0.29) is 9.79 Å². The smallest absolute Gasteiger partial charge is 0.206 e. The molecule has 0 unspecified atom stereocenters. The molecule has 3 aromatic heterocycles. The first-order valence-corrected chi connectivity index (χ1v) is 45.4. The normalized spacial score (nSPS) is 11.9. The van der Waals surface area contributed by atoms with Gasteiger partial charge < -0.3 is 9.13 Å². The van der Waals surface area contributed by atoms with Crippen molar-refractivity contribution < 1.29 is 17.5 Å². The quantitative estimate of drug-likeness (QED) is 0.0938. The lowest BCUT2D eigenvalue weighted by Gasteiger charge is -2.21. The highest BCUT2D eigenvalue weighted by molar-refractivity contribution is 7.91. The molecule has 0 atom stereocenters. The average molecular weight is 1610 g/mol. The summed E-state index contributed by atoms with van der Waals surface area (Å²) in [6.07, 6.45) is 0. The topological polar surface area (TPSA) is 107 Å². The summed E-state index contributed by atoms with van der Waals surface area (Å²) in [6, 6.07) is 148. The SMILES string of the molecule is O=P(c1ccccc1)(c1ccccc1)c1ccc(-c2nc3ccccc3c3c4ccccc4c4ccccc4c23)cc1.O=P(c1ccccc1)(c1ccccc1)c1cccc(-c2nc3ccccc3c3c4ccccc4c4ccccc4c23)c1.O=S(=O)(c1ccccc1)c1ccc(-c2nc3ccccc3c3c4ccccc4c4ccccc4c23)cc1. The molecule has 0 spiro atoms. The van der Waals surface area contributed by atoms with Crippen molar-refractivity contribution in [2.24, 2.45) is 0 Å². The van der Waals surface area contributed by atoms with Gasteiger partial charge >= 0.3 is 0 Å². The standard InChI is InChI=1S/2C39H26NOP.C33H21NO2S/c41-42(28-15-3-1-4-16-28,29-17-5-2-6-18-29)30-19-13-14-27(26-30)39-38-34-23-10-8-21-32(34)31-20-7-9-22-33(31)37(38)35-24-11-12-25-36(35)40-39;41-42(28-13-3-1-4-14-28,29-15-5-2-6-16-29)30-25-23-27(24-26-30)39-38-34-20-10-8-18-32(34)31-17-7-9-19-33(31)37(38)35-21-11-12-22-36(35)40-39;35-37(36,23-10-2-1-3-11-23)24-20-18-22(19-21-24)33-32-28-15-7-5-13-26(28)25-12-4-6-14-27(25)31(32)29-16-8-9-17-30(29)34-33/h2*1-26H;1-21H. The number of benzene rings is 20. The molecule has 572 valence electrons. The predicted octanol–water partition coefficient (Wildman–Crippen LogP) is 26.2. The fourth-order valence-electron chi connectivity index (χ4n) is 18.2. The van der Waals surface area contributed by atoms with Crippen molar-refractivity contribution in [2.45, 2.75) is 9.79 Å². The molecule has 0 amide bonds. The van der Waals surface area contributed by atoms with Gasteiger partial charge in [-0.25, -0.2) is 23.4 Å². The van der Waals surface area contributed by atoms with Crippen molar-refractivity contribution in [1.29, 1.82) is 0 Å². The maximum Gasteiger partial charge on any atom is 0.206 e. The second-order valence-corrected chi connectivity index (χ2v) is 37.9. The van der Waals surface area contributed by atoms with Crippen molar-refractivity contribution >= 4 is 186 Å². The number of rotatable bonds is 11. The van der Waals surface area contributed by atoms with Crippen LogP contribution in [0.3, 0.4) is 0 Å². The van der Waals surface area contributed by atoms with E-state index in [4.69, 9.17) is 15.0 Å². The third kappa shape index (κ3) is 12.7. The Labute approximate surface area is 699 Å². The lowest BCUT2D eigenvalue weighted by Crippen LogP contribution is -2.25. The van der Waals surface area contributed by atoms with E-state index in [0.29, 0.717) is 0 Å². The first kappa shape index (κ1) is 74.0. The first-order chi connectivity index (χ1) is 59.6. The van der Waals surface area contributed by atoms with E-state index in [9.17, 15) is 13.0 Å². The zero-order valence-corrected chi connectivity index (χ0v) is 68.0. The fourth-order valence-corrected chi connectivity index (χ4v) is 24.8. The summed E-state index contributed by atoms with van der Waals surface area (Å²) in [5.41, 5.74) is 8.34. The number of hydrogen-bond donors (Lipinski definition) is 0. The fraction of sp³-hybridized carbons (Fsp3) is 0. The largest absolute Gasteiger partial charge is 0.309 e. The Hall–Kier alpha value is -14.6. The van der Waals surface area contributed by atoms with Crippen LogP contribution in [-0.4, -0.2) is 23.4 Å². The van der Waals surface area contributed by atoms with Crippen LogP contribution in [0.4, 0.5) is 0 Å². The van der Waals surface area contributed by atoms with Gasteiger partial charge in [0.2, 0.25) is 9.84 Å². The number of hydrogen-bond acceptors (Lipinski definition) is 7. The highest BCUT2D eigenvalue weighted by Gasteiger charge is 2.33. The first-order valence-electron chi connectivity index (χ1n) is 40.5. The van der Waals surface area contributed by atoms with Crippen LogP contribution >= 0.6 is 14.3 Å². The molecule has 20 aromatic carbocycles. The van der Waals surface area contributed by atoms with Crippen LogP contribution in [0.5, 0.6) is 0 Å². The molecule has 10 heteroatoms. The molecule has 121 heavy (non-hydrogen) atoms. The second-order valence-electron chi connectivity index (χ2n) is 30.5. The summed E-state index contributed by atoms with van der Waals surface area (Å²) in [5, 5.41) is 29.6. The van der Waals surface area contributed by atoms with Gasteiger partial charge in [0.25, 0.3) is 0 Å².